The molecule has 2 rings (SSSR count). The number of amides is 2. The Bertz CT molecular complexity index is 750. The van der Waals surface area contributed by atoms with E-state index in [9.17, 15) is 14.0 Å². The first-order valence-corrected chi connectivity index (χ1v) is 7.28. The van der Waals surface area contributed by atoms with Gasteiger partial charge in [0.15, 0.2) is 0 Å². The van der Waals surface area contributed by atoms with Crippen molar-refractivity contribution in [3.63, 3.8) is 0 Å². The van der Waals surface area contributed by atoms with Gasteiger partial charge in [0.2, 0.25) is 5.91 Å². The minimum Gasteiger partial charge on any atom is -0.495 e. The monoisotopic (exact) mass is 331 g/mol. The number of nitrogens with two attached hydrogens (primary N) is 1. The van der Waals surface area contributed by atoms with Crippen LogP contribution in [0.15, 0.2) is 42.5 Å². The summed E-state index contributed by atoms with van der Waals surface area (Å²) in [5.41, 5.74) is 6.39. The minimum absolute atomic E-state index is 0.170. The first-order valence-electron chi connectivity index (χ1n) is 7.28. The Morgan fingerprint density at radius 1 is 1.17 bits per heavy atom. The Morgan fingerprint density at radius 3 is 2.62 bits per heavy atom. The maximum Gasteiger partial charge on any atom is 0.255 e. The van der Waals surface area contributed by atoms with Crippen molar-refractivity contribution in [3.8, 4) is 5.75 Å². The van der Waals surface area contributed by atoms with E-state index in [1.807, 2.05) is 0 Å². The predicted molar refractivity (Wildman–Crippen MR) is 89.6 cm³/mol. The number of nitrogens with one attached hydrogen (secondary N) is 2. The van der Waals surface area contributed by atoms with Crippen LogP contribution >= 0.6 is 0 Å². The zero-order chi connectivity index (χ0) is 17.5. The van der Waals surface area contributed by atoms with Crippen LogP contribution in [0, 0.1) is 5.82 Å². The molecule has 0 spiro atoms. The fourth-order valence-corrected chi connectivity index (χ4v) is 2.06. The highest BCUT2D eigenvalue weighted by Gasteiger charge is 2.11. The van der Waals surface area contributed by atoms with E-state index in [4.69, 9.17) is 10.5 Å². The number of carbonyl (C=O) groups is 2. The molecule has 0 saturated heterocycles. The van der Waals surface area contributed by atoms with Crippen molar-refractivity contribution < 1.29 is 18.7 Å². The van der Waals surface area contributed by atoms with E-state index in [1.165, 1.54) is 25.3 Å². The smallest absolute Gasteiger partial charge is 0.255 e. The number of rotatable bonds is 6. The molecule has 0 heterocycles. The summed E-state index contributed by atoms with van der Waals surface area (Å²) in [6.45, 7) is 0.226. The topological polar surface area (TPSA) is 93.5 Å². The SMILES string of the molecule is COc1ccc(NC(=O)c2cccc(F)c2)cc1NC(=O)CCN. The van der Waals surface area contributed by atoms with Gasteiger partial charge >= 0.3 is 0 Å². The Hall–Kier alpha value is -2.93. The molecule has 2 aromatic rings. The van der Waals surface area contributed by atoms with Gasteiger partial charge in [-0.1, -0.05) is 6.07 Å². The maximum atomic E-state index is 13.2. The summed E-state index contributed by atoms with van der Waals surface area (Å²) < 4.78 is 18.4. The number of carbonyl (C=O) groups excluding carboxylic acids is 2. The maximum absolute atomic E-state index is 13.2. The molecule has 6 nitrogen and oxygen atoms in total. The van der Waals surface area contributed by atoms with Crippen LogP contribution in [0.5, 0.6) is 5.75 Å². The van der Waals surface area contributed by atoms with Crippen molar-refractivity contribution in [1.82, 2.24) is 0 Å². The third kappa shape index (κ3) is 4.53. The normalized spacial score (nSPS) is 10.1. The number of methoxy groups -OCH3 is 1. The number of hydrogen-bond donors (Lipinski definition) is 3. The molecule has 0 aliphatic heterocycles. The molecule has 7 heteroatoms. The van der Waals surface area contributed by atoms with E-state index in [0.29, 0.717) is 17.1 Å². The lowest BCUT2D eigenvalue weighted by molar-refractivity contribution is -0.116. The molecule has 0 aliphatic carbocycles. The Morgan fingerprint density at radius 2 is 1.96 bits per heavy atom. The van der Waals surface area contributed by atoms with Gasteiger partial charge in [-0.2, -0.15) is 0 Å². The summed E-state index contributed by atoms with van der Waals surface area (Å²) in [5, 5.41) is 5.31. The largest absolute Gasteiger partial charge is 0.495 e. The van der Waals surface area contributed by atoms with Crippen LogP contribution in [0.25, 0.3) is 0 Å². The molecule has 0 fully saturated rings. The van der Waals surface area contributed by atoms with E-state index in [1.54, 1.807) is 18.2 Å². The summed E-state index contributed by atoms with van der Waals surface area (Å²) in [7, 11) is 1.47. The van der Waals surface area contributed by atoms with Crippen LogP contribution in [0.4, 0.5) is 15.8 Å². The quantitative estimate of drug-likeness (QED) is 0.757. The van der Waals surface area contributed by atoms with Gasteiger partial charge < -0.3 is 21.1 Å². The lowest BCUT2D eigenvalue weighted by atomic mass is 10.2. The molecule has 0 atom stereocenters. The molecule has 2 aromatic carbocycles. The lowest BCUT2D eigenvalue weighted by Crippen LogP contribution is -2.17. The van der Waals surface area contributed by atoms with E-state index >= 15 is 0 Å². The highest BCUT2D eigenvalue weighted by molar-refractivity contribution is 6.05. The number of ether oxygens (including phenoxy) is 1. The third-order valence-electron chi connectivity index (χ3n) is 3.19. The second-order valence-electron chi connectivity index (χ2n) is 4.97. The molecule has 0 unspecified atom stereocenters. The molecule has 24 heavy (non-hydrogen) atoms. The average molecular weight is 331 g/mol. The van der Waals surface area contributed by atoms with E-state index in [2.05, 4.69) is 10.6 Å². The molecule has 0 aliphatic rings. The molecule has 2 amide bonds. The predicted octanol–water partition coefficient (Wildman–Crippen LogP) is 2.37. The number of halogens is 1. The minimum atomic E-state index is -0.493. The fraction of sp³-hybridized carbons (Fsp3) is 0.176. The number of anilines is 2. The zero-order valence-electron chi connectivity index (χ0n) is 13.1. The van der Waals surface area contributed by atoms with Gasteiger partial charge in [0.05, 0.1) is 12.8 Å². The van der Waals surface area contributed by atoms with Crippen molar-refractivity contribution in [2.45, 2.75) is 6.42 Å². The van der Waals surface area contributed by atoms with Crippen molar-refractivity contribution >= 4 is 23.2 Å². The highest BCUT2D eigenvalue weighted by Crippen LogP contribution is 2.28. The standard InChI is InChI=1S/C17H18FN3O3/c1-24-15-6-5-13(10-14(15)21-16(22)7-8-19)20-17(23)11-3-2-4-12(18)9-11/h2-6,9-10H,7-8,19H2,1H3,(H,20,23)(H,21,22). The van der Waals surface area contributed by atoms with Gasteiger partial charge in [-0.3, -0.25) is 9.59 Å². The first-order chi connectivity index (χ1) is 11.5. The van der Waals surface area contributed by atoms with Crippen LogP contribution in [-0.4, -0.2) is 25.5 Å². The van der Waals surface area contributed by atoms with Gasteiger partial charge in [-0.15, -0.1) is 0 Å². The molecule has 0 saturated carbocycles. The molecular formula is C17H18FN3O3. The zero-order valence-corrected chi connectivity index (χ0v) is 13.1. The fourth-order valence-electron chi connectivity index (χ4n) is 2.06. The van der Waals surface area contributed by atoms with Crippen LogP contribution < -0.4 is 21.1 Å². The summed E-state index contributed by atoms with van der Waals surface area (Å²) in [5.74, 6) is -0.764. The van der Waals surface area contributed by atoms with Crippen molar-refractivity contribution in [1.29, 1.82) is 0 Å². The van der Waals surface area contributed by atoms with Crippen molar-refractivity contribution in [2.24, 2.45) is 5.73 Å². The number of hydrogen-bond acceptors (Lipinski definition) is 4. The molecule has 0 bridgehead atoms. The van der Waals surface area contributed by atoms with Gasteiger partial charge in [-0.05, 0) is 36.4 Å². The summed E-state index contributed by atoms with van der Waals surface area (Å²) in [4.78, 5) is 23.8. The van der Waals surface area contributed by atoms with Crippen molar-refractivity contribution in [2.75, 3.05) is 24.3 Å². The first kappa shape index (κ1) is 17.4. The van der Waals surface area contributed by atoms with Crippen LogP contribution in [0.1, 0.15) is 16.8 Å². The second-order valence-corrected chi connectivity index (χ2v) is 4.97. The lowest BCUT2D eigenvalue weighted by Gasteiger charge is -2.12. The average Bonchev–Trinajstić information content (AvgIpc) is 2.55. The molecular weight excluding hydrogens is 313 g/mol. The molecule has 0 aromatic heterocycles. The van der Waals surface area contributed by atoms with E-state index in [0.717, 1.165) is 6.07 Å². The van der Waals surface area contributed by atoms with Crippen LogP contribution in [0.2, 0.25) is 0 Å². The molecule has 126 valence electrons. The Labute approximate surface area is 138 Å². The van der Waals surface area contributed by atoms with Gasteiger partial charge in [0.25, 0.3) is 5.91 Å². The molecule has 0 radical (unpaired) electrons. The summed E-state index contributed by atoms with van der Waals surface area (Å²) in [6.07, 6.45) is 0.170. The Balaban J connectivity index is 2.18. The van der Waals surface area contributed by atoms with Crippen molar-refractivity contribution in [3.05, 3.63) is 53.8 Å². The summed E-state index contributed by atoms with van der Waals surface area (Å²) >= 11 is 0. The third-order valence-corrected chi connectivity index (χ3v) is 3.19. The second kappa shape index (κ2) is 8.07. The van der Waals surface area contributed by atoms with Crippen LogP contribution in [-0.2, 0) is 4.79 Å². The highest BCUT2D eigenvalue weighted by atomic mass is 19.1. The Kier molecular flexibility index (Phi) is 5.86. The summed E-state index contributed by atoms with van der Waals surface area (Å²) in [6, 6.07) is 10.2. The van der Waals surface area contributed by atoms with Crippen LogP contribution in [0.3, 0.4) is 0 Å². The van der Waals surface area contributed by atoms with Gasteiger partial charge in [0, 0.05) is 24.2 Å². The van der Waals surface area contributed by atoms with Gasteiger partial charge in [0.1, 0.15) is 11.6 Å². The number of benzene rings is 2. The van der Waals surface area contributed by atoms with E-state index < -0.39 is 11.7 Å². The van der Waals surface area contributed by atoms with Gasteiger partial charge in [-0.25, -0.2) is 4.39 Å². The molecule has 4 N–H and O–H groups in total. The van der Waals surface area contributed by atoms with E-state index in [-0.39, 0.29) is 24.4 Å².